The highest BCUT2D eigenvalue weighted by atomic mass is 16.2. The van der Waals surface area contributed by atoms with Gasteiger partial charge in [0.1, 0.15) is 5.69 Å². The molecule has 4 heteroatoms. The third-order valence-corrected chi connectivity index (χ3v) is 5.12. The minimum Gasteiger partial charge on any atom is -0.291 e. The Kier molecular flexibility index (Phi) is 2.82. The van der Waals surface area contributed by atoms with Gasteiger partial charge < -0.3 is 0 Å². The molecule has 0 N–H and O–H groups in total. The van der Waals surface area contributed by atoms with Crippen LogP contribution in [0.25, 0.3) is 16.6 Å². The monoisotopic (exact) mass is 340 g/mol. The summed E-state index contributed by atoms with van der Waals surface area (Å²) in [5.41, 5.74) is 3.15. The predicted octanol–water partition coefficient (Wildman–Crippen LogP) is 4.46. The molecule has 2 aromatic carbocycles. The van der Waals surface area contributed by atoms with Gasteiger partial charge in [0.05, 0.1) is 16.8 Å². The van der Waals surface area contributed by atoms with Crippen LogP contribution in [0, 0.1) is 5.41 Å². The lowest BCUT2D eigenvalue weighted by atomic mass is 9.78. The van der Waals surface area contributed by atoms with Gasteiger partial charge in [0.15, 0.2) is 5.78 Å². The topological polar surface area (TPSA) is 50.3 Å². The van der Waals surface area contributed by atoms with Crippen molar-refractivity contribution < 1.29 is 9.59 Å². The highest BCUT2D eigenvalue weighted by Gasteiger charge is 2.45. The molecule has 1 amide bonds. The number of amides is 1. The fourth-order valence-electron chi connectivity index (χ4n) is 3.86. The van der Waals surface area contributed by atoms with E-state index in [1.54, 1.807) is 4.90 Å². The fourth-order valence-corrected chi connectivity index (χ4v) is 3.86. The summed E-state index contributed by atoms with van der Waals surface area (Å²) in [6.07, 6.45) is 1.90. The number of allylic oxidation sites excluding steroid dienone is 1. The van der Waals surface area contributed by atoms with Crippen molar-refractivity contribution in [2.75, 3.05) is 4.90 Å². The van der Waals surface area contributed by atoms with Crippen molar-refractivity contribution in [2.24, 2.45) is 5.41 Å². The molecule has 0 saturated heterocycles. The zero-order valence-electron chi connectivity index (χ0n) is 14.5. The molecule has 126 valence electrons. The molecule has 2 heterocycles. The van der Waals surface area contributed by atoms with Crippen LogP contribution in [-0.2, 0) is 0 Å². The van der Waals surface area contributed by atoms with Crippen LogP contribution in [0.15, 0.2) is 60.7 Å². The minimum atomic E-state index is -0.716. The lowest BCUT2D eigenvalue weighted by Gasteiger charge is -2.28. The number of benzene rings is 2. The first-order valence-electron chi connectivity index (χ1n) is 8.59. The highest BCUT2D eigenvalue weighted by molar-refractivity contribution is 6.30. The Morgan fingerprint density at radius 1 is 0.885 bits per heavy atom. The molecule has 1 aliphatic carbocycles. The maximum Gasteiger partial charge on any atom is 0.264 e. The first-order chi connectivity index (χ1) is 12.5. The Balaban J connectivity index is 1.91. The lowest BCUT2D eigenvalue weighted by molar-refractivity contribution is 0.0877. The van der Waals surface area contributed by atoms with Crippen LogP contribution >= 0.6 is 0 Å². The molecule has 1 aliphatic heterocycles. The number of hydrogen-bond donors (Lipinski definition) is 0. The first kappa shape index (κ1) is 15.0. The lowest BCUT2D eigenvalue weighted by Crippen LogP contribution is -2.30. The van der Waals surface area contributed by atoms with Gasteiger partial charge in [-0.15, -0.1) is 0 Å². The zero-order valence-corrected chi connectivity index (χ0v) is 14.5. The number of ketones is 1. The number of anilines is 1. The number of pyridine rings is 1. The number of carbonyl (C=O) groups is 2. The van der Waals surface area contributed by atoms with Crippen molar-refractivity contribution >= 4 is 34.0 Å². The average Bonchev–Trinajstić information content (AvgIpc) is 2.93. The Hall–Kier alpha value is -3.27. The normalized spacial score (nSPS) is 17.5. The molecule has 0 fully saturated rings. The molecule has 1 aromatic heterocycles. The average molecular weight is 340 g/mol. The van der Waals surface area contributed by atoms with Crippen LogP contribution in [0.5, 0.6) is 0 Å². The molecule has 0 saturated carbocycles. The largest absolute Gasteiger partial charge is 0.291 e. The summed E-state index contributed by atoms with van der Waals surface area (Å²) in [6.45, 7) is 3.74. The summed E-state index contributed by atoms with van der Waals surface area (Å²) < 4.78 is 0. The van der Waals surface area contributed by atoms with E-state index in [1.165, 1.54) is 0 Å². The number of nitrogens with zero attached hydrogens (tertiary/aromatic N) is 2. The standard InChI is InChI=1S/C22H16N2O2/c1-22(2)12-16-18-17(21(26)24(16)13-8-4-3-5-9-13)14-10-6-7-11-15(14)23-19(18)20(22)25/h3-12H,1-2H3. The van der Waals surface area contributed by atoms with Crippen LogP contribution in [0.3, 0.4) is 0 Å². The third-order valence-electron chi connectivity index (χ3n) is 5.12. The zero-order chi connectivity index (χ0) is 18.1. The Morgan fingerprint density at radius 2 is 1.58 bits per heavy atom. The number of rotatable bonds is 1. The molecule has 0 unspecified atom stereocenters. The van der Waals surface area contributed by atoms with E-state index in [1.807, 2.05) is 74.5 Å². The molecule has 5 rings (SSSR count). The van der Waals surface area contributed by atoms with Gasteiger partial charge in [0, 0.05) is 22.1 Å². The molecule has 3 aromatic rings. The van der Waals surface area contributed by atoms with E-state index >= 15 is 0 Å². The van der Waals surface area contributed by atoms with Gasteiger partial charge in [-0.05, 0) is 38.1 Å². The Morgan fingerprint density at radius 3 is 2.35 bits per heavy atom. The van der Waals surface area contributed by atoms with Gasteiger partial charge in [0.25, 0.3) is 5.91 Å². The molecular formula is C22H16N2O2. The van der Waals surface area contributed by atoms with E-state index in [0.717, 1.165) is 16.8 Å². The summed E-state index contributed by atoms with van der Waals surface area (Å²) in [5.74, 6) is -0.159. The van der Waals surface area contributed by atoms with Crippen LogP contribution in [0.1, 0.15) is 40.3 Å². The molecule has 0 atom stereocenters. The summed E-state index contributed by atoms with van der Waals surface area (Å²) >= 11 is 0. The fraction of sp³-hybridized carbons (Fsp3) is 0.136. The maximum atomic E-state index is 13.4. The summed E-state index contributed by atoms with van der Waals surface area (Å²) in [5, 5.41) is 0.785. The van der Waals surface area contributed by atoms with E-state index in [4.69, 9.17) is 0 Å². The Labute approximate surface area is 150 Å². The third kappa shape index (κ3) is 1.81. The van der Waals surface area contributed by atoms with Gasteiger partial charge >= 0.3 is 0 Å². The quantitative estimate of drug-likeness (QED) is 0.657. The van der Waals surface area contributed by atoms with Gasteiger partial charge in [-0.25, -0.2) is 4.98 Å². The molecule has 0 bridgehead atoms. The van der Waals surface area contributed by atoms with Gasteiger partial charge in [-0.1, -0.05) is 36.4 Å². The number of fused-ring (bicyclic) bond motifs is 2. The van der Waals surface area contributed by atoms with Crippen LogP contribution < -0.4 is 4.90 Å². The molecule has 0 radical (unpaired) electrons. The molecule has 26 heavy (non-hydrogen) atoms. The van der Waals surface area contributed by atoms with E-state index in [-0.39, 0.29) is 11.7 Å². The van der Waals surface area contributed by atoms with Crippen molar-refractivity contribution in [1.82, 2.24) is 4.98 Å². The second kappa shape index (κ2) is 4.88. The number of carbonyl (C=O) groups excluding carboxylic acids is 2. The van der Waals surface area contributed by atoms with Crippen molar-refractivity contribution in [3.63, 3.8) is 0 Å². The number of hydrogen-bond acceptors (Lipinski definition) is 3. The number of aromatic nitrogens is 1. The van der Waals surface area contributed by atoms with Crippen molar-refractivity contribution in [1.29, 1.82) is 0 Å². The number of para-hydroxylation sites is 2. The van der Waals surface area contributed by atoms with Crippen LogP contribution in [0.2, 0.25) is 0 Å². The predicted molar refractivity (Wildman–Crippen MR) is 101 cm³/mol. The van der Waals surface area contributed by atoms with E-state index in [2.05, 4.69) is 4.98 Å². The Bertz CT molecular complexity index is 1140. The van der Waals surface area contributed by atoms with E-state index < -0.39 is 5.41 Å². The summed E-state index contributed by atoms with van der Waals surface area (Å²) in [4.78, 5) is 32.8. The summed E-state index contributed by atoms with van der Waals surface area (Å²) in [7, 11) is 0. The smallest absolute Gasteiger partial charge is 0.264 e. The highest BCUT2D eigenvalue weighted by Crippen LogP contribution is 2.47. The SMILES string of the molecule is CC1(C)C=C2c3c(nc4ccccc4c3C(=O)N2c2ccccc2)C1=O. The van der Waals surface area contributed by atoms with Crippen molar-refractivity contribution in [3.8, 4) is 0 Å². The van der Waals surface area contributed by atoms with Crippen LogP contribution in [0.4, 0.5) is 5.69 Å². The molecule has 4 nitrogen and oxygen atoms in total. The van der Waals surface area contributed by atoms with Crippen LogP contribution in [-0.4, -0.2) is 16.7 Å². The molecule has 2 aliphatic rings. The molecule has 0 spiro atoms. The summed E-state index contributed by atoms with van der Waals surface area (Å²) in [6, 6.07) is 17.1. The van der Waals surface area contributed by atoms with Gasteiger partial charge in [-0.3, -0.25) is 14.5 Å². The van der Waals surface area contributed by atoms with Gasteiger partial charge in [0.2, 0.25) is 0 Å². The maximum absolute atomic E-state index is 13.4. The van der Waals surface area contributed by atoms with Crippen molar-refractivity contribution in [2.45, 2.75) is 13.8 Å². The van der Waals surface area contributed by atoms with E-state index in [0.29, 0.717) is 22.3 Å². The van der Waals surface area contributed by atoms with Gasteiger partial charge in [-0.2, -0.15) is 0 Å². The molecular weight excluding hydrogens is 324 g/mol. The number of Topliss-reactive ketones (excluding diaryl/α,β-unsaturated/α-hetero) is 1. The first-order valence-corrected chi connectivity index (χ1v) is 8.59. The second-order valence-corrected chi connectivity index (χ2v) is 7.28. The minimum absolute atomic E-state index is 0.0500. The van der Waals surface area contributed by atoms with E-state index in [9.17, 15) is 9.59 Å². The second-order valence-electron chi connectivity index (χ2n) is 7.28. The van der Waals surface area contributed by atoms with Crippen molar-refractivity contribution in [3.05, 3.63) is 77.5 Å².